The Labute approximate surface area is 174 Å². The van der Waals surface area contributed by atoms with Crippen molar-refractivity contribution in [1.82, 2.24) is 0 Å². The summed E-state index contributed by atoms with van der Waals surface area (Å²) in [7, 11) is 0. The Morgan fingerprint density at radius 3 is 2.15 bits per heavy atom. The molecule has 2 saturated carbocycles. The molecule has 27 heavy (non-hydrogen) atoms. The van der Waals surface area contributed by atoms with Gasteiger partial charge in [-0.2, -0.15) is 0 Å². The van der Waals surface area contributed by atoms with Crippen LogP contribution >= 0.6 is 0 Å². The van der Waals surface area contributed by atoms with Gasteiger partial charge in [-0.15, -0.1) is 0 Å². The van der Waals surface area contributed by atoms with Crippen molar-refractivity contribution in [3.8, 4) is 11.8 Å². The molecular weight excluding hydrogens is 380 g/mol. The van der Waals surface area contributed by atoms with E-state index in [2.05, 4.69) is 11.8 Å². The summed E-state index contributed by atoms with van der Waals surface area (Å²) in [6, 6.07) is 9.65. The number of carboxylic acids is 1. The molecule has 2 fully saturated rings. The second-order valence-corrected chi connectivity index (χ2v) is 5.77. The van der Waals surface area contributed by atoms with E-state index < -0.39 is 12.1 Å². The van der Waals surface area contributed by atoms with Crippen molar-refractivity contribution in [2.24, 2.45) is 0 Å². The summed E-state index contributed by atoms with van der Waals surface area (Å²) < 4.78 is 0. The fourth-order valence-corrected chi connectivity index (χ4v) is 2.42. The predicted molar refractivity (Wildman–Crippen MR) is 102 cm³/mol. The average Bonchev–Trinajstić information content (AvgIpc) is 3.35. The van der Waals surface area contributed by atoms with Crippen LogP contribution in [0.25, 0.3) is 0 Å². The molecule has 0 spiro atoms. The third-order valence-electron chi connectivity index (χ3n) is 3.75. The van der Waals surface area contributed by atoms with Gasteiger partial charge in [0.2, 0.25) is 0 Å². The minimum atomic E-state index is -0.839. The van der Waals surface area contributed by atoms with Crippen LogP contribution in [-0.2, 0) is 21.9 Å². The molecule has 10 radical (unpaired) electrons. The van der Waals surface area contributed by atoms with Crippen molar-refractivity contribution in [2.45, 2.75) is 25.4 Å². The monoisotopic (exact) mass is 402 g/mol. The molecule has 0 unspecified atom stereocenters. The standard InChI is InChI=1S/C18H17O3.C5H5.Fe/c19-17(10-5-11-18(20)21)16-9-4-8-15(16)13-12-14-6-2-1-3-7-14;1-2-4-5-3-1;/h1-4,6-9,17,19H,5,10-11H2,(H,20,21);1-5H;/q;;+2/t17-;;/m0../s1. The first kappa shape index (κ1) is 23.8. The van der Waals surface area contributed by atoms with Crippen LogP contribution < -0.4 is 0 Å². The van der Waals surface area contributed by atoms with E-state index in [1.807, 2.05) is 81.7 Å². The van der Waals surface area contributed by atoms with Gasteiger partial charge in [0.1, 0.15) is 0 Å². The second-order valence-electron chi connectivity index (χ2n) is 5.77. The third kappa shape index (κ3) is 9.47. The van der Waals surface area contributed by atoms with Gasteiger partial charge in [0.15, 0.2) is 0 Å². The zero-order chi connectivity index (χ0) is 18.6. The van der Waals surface area contributed by atoms with Crippen LogP contribution in [0.2, 0.25) is 0 Å². The van der Waals surface area contributed by atoms with Crippen molar-refractivity contribution < 1.29 is 32.1 Å². The number of carboxylic acid groups (broad SMARTS) is 1. The van der Waals surface area contributed by atoms with Crippen molar-refractivity contribution in [3.63, 3.8) is 0 Å². The van der Waals surface area contributed by atoms with Crippen LogP contribution in [0, 0.1) is 75.0 Å². The van der Waals surface area contributed by atoms with E-state index in [9.17, 15) is 9.90 Å². The van der Waals surface area contributed by atoms with E-state index in [0.29, 0.717) is 12.8 Å². The molecule has 0 saturated heterocycles. The molecule has 2 aliphatic rings. The van der Waals surface area contributed by atoms with Gasteiger partial charge in [0, 0.05) is 17.9 Å². The van der Waals surface area contributed by atoms with E-state index in [1.165, 1.54) is 0 Å². The molecule has 4 heteroatoms. The minimum absolute atomic E-state index is 0. The molecule has 0 aliphatic heterocycles. The summed E-state index contributed by atoms with van der Waals surface area (Å²) in [6.45, 7) is 0. The van der Waals surface area contributed by atoms with Crippen LogP contribution in [0.15, 0.2) is 30.3 Å². The quantitative estimate of drug-likeness (QED) is 0.586. The first-order valence-corrected chi connectivity index (χ1v) is 8.56. The van der Waals surface area contributed by atoms with Gasteiger partial charge >= 0.3 is 23.0 Å². The maximum absolute atomic E-state index is 10.5. The first-order chi connectivity index (χ1) is 12.7. The molecule has 3 rings (SSSR count). The van der Waals surface area contributed by atoms with E-state index in [-0.39, 0.29) is 23.5 Å². The number of hydrogen-bond acceptors (Lipinski definition) is 2. The molecule has 3 nitrogen and oxygen atoms in total. The van der Waals surface area contributed by atoms with Crippen LogP contribution in [0.5, 0.6) is 0 Å². The molecule has 2 N–H and O–H groups in total. The first-order valence-electron chi connectivity index (χ1n) is 8.56. The average molecular weight is 402 g/mol. The van der Waals surface area contributed by atoms with Crippen molar-refractivity contribution in [2.75, 3.05) is 0 Å². The topological polar surface area (TPSA) is 57.5 Å². The van der Waals surface area contributed by atoms with E-state index in [0.717, 1.165) is 17.4 Å². The summed E-state index contributed by atoms with van der Waals surface area (Å²) in [5, 5.41) is 18.8. The Hall–Kier alpha value is -1.27. The molecule has 138 valence electrons. The Bertz CT molecular complexity index is 579. The Morgan fingerprint density at radius 2 is 1.56 bits per heavy atom. The summed E-state index contributed by atoms with van der Waals surface area (Å²) in [5.74, 6) is 6.85. The Morgan fingerprint density at radius 1 is 0.926 bits per heavy atom. The van der Waals surface area contributed by atoms with Gasteiger partial charge in [-0.1, -0.05) is 30.0 Å². The van der Waals surface area contributed by atoms with Gasteiger partial charge < -0.3 is 10.2 Å². The Balaban J connectivity index is 0.000000526. The summed E-state index contributed by atoms with van der Waals surface area (Å²) in [4.78, 5) is 10.5. The fourth-order valence-electron chi connectivity index (χ4n) is 2.42. The van der Waals surface area contributed by atoms with Gasteiger partial charge in [0.05, 0.1) is 12.0 Å². The molecular formula is C23H22FeO3+2. The van der Waals surface area contributed by atoms with Crippen molar-refractivity contribution in [1.29, 1.82) is 0 Å². The van der Waals surface area contributed by atoms with Crippen molar-refractivity contribution in [3.05, 3.63) is 99.1 Å². The SMILES string of the molecule is O=C(O)CCC[C@H](O)[C]1[CH][CH][CH][C]1C#Cc1ccccc1.[CH]1[CH][CH][CH][CH]1.[Fe+2]. The fraction of sp³-hybridized carbons (Fsp3) is 0.174. The van der Waals surface area contributed by atoms with Crippen LogP contribution in [-0.4, -0.2) is 22.3 Å². The van der Waals surface area contributed by atoms with E-state index in [4.69, 9.17) is 5.11 Å². The summed E-state index contributed by atoms with van der Waals surface area (Å²) in [6.07, 6.45) is 15.8. The third-order valence-corrected chi connectivity index (χ3v) is 3.75. The maximum atomic E-state index is 10.5. The normalized spacial score (nSPS) is 17.8. The van der Waals surface area contributed by atoms with Gasteiger partial charge in [-0.25, -0.2) is 0 Å². The molecule has 2 aliphatic carbocycles. The van der Waals surface area contributed by atoms with E-state index in [1.54, 1.807) is 0 Å². The molecule has 1 atom stereocenters. The van der Waals surface area contributed by atoms with Crippen LogP contribution in [0.1, 0.15) is 24.8 Å². The van der Waals surface area contributed by atoms with Gasteiger partial charge in [-0.3, -0.25) is 4.79 Å². The predicted octanol–water partition coefficient (Wildman–Crippen LogP) is 3.45. The largest absolute Gasteiger partial charge is 2.00 e. The van der Waals surface area contributed by atoms with Gasteiger partial charge in [0.25, 0.3) is 0 Å². The molecule has 1 aromatic carbocycles. The maximum Gasteiger partial charge on any atom is 2.00 e. The number of aliphatic carboxylic acids is 1. The number of benzene rings is 1. The zero-order valence-electron chi connectivity index (χ0n) is 14.9. The van der Waals surface area contributed by atoms with Gasteiger partial charge in [-0.05, 0) is 76.3 Å². The number of aliphatic hydroxyl groups excluding tert-OH is 1. The van der Waals surface area contributed by atoms with Crippen LogP contribution in [0.4, 0.5) is 0 Å². The molecule has 0 heterocycles. The smallest absolute Gasteiger partial charge is 0.481 e. The molecule has 0 bridgehead atoms. The summed E-state index contributed by atoms with van der Waals surface area (Å²) in [5.41, 5.74) is 0.921. The number of aliphatic hydroxyl groups is 1. The van der Waals surface area contributed by atoms with E-state index >= 15 is 0 Å². The number of carbonyl (C=O) groups is 1. The minimum Gasteiger partial charge on any atom is -0.481 e. The number of rotatable bonds is 5. The number of hydrogen-bond donors (Lipinski definition) is 2. The summed E-state index contributed by atoms with van der Waals surface area (Å²) >= 11 is 0. The second kappa shape index (κ2) is 13.8. The van der Waals surface area contributed by atoms with Crippen molar-refractivity contribution >= 4 is 5.97 Å². The van der Waals surface area contributed by atoms with Crippen LogP contribution in [0.3, 0.4) is 0 Å². The zero-order valence-corrected chi connectivity index (χ0v) is 16.0. The Kier molecular flexibility index (Phi) is 12.2. The molecule has 0 aromatic heterocycles. The molecule has 0 amide bonds. The molecule has 1 aromatic rings.